The normalized spacial score (nSPS) is 15.8. The van der Waals surface area contributed by atoms with Gasteiger partial charge in [0.1, 0.15) is 0 Å². The minimum Gasteiger partial charge on any atom is -0.356 e. The first kappa shape index (κ1) is 16.2. The first-order valence-corrected chi connectivity index (χ1v) is 6.89. The molecule has 0 aromatic carbocycles. The molecule has 0 radical (unpaired) electrons. The largest absolute Gasteiger partial charge is 0.356 e. The SMILES string of the molecule is COC(CC(C)(CN)N(C)CCSC)OC. The molecule has 0 saturated heterocycles. The van der Waals surface area contributed by atoms with Gasteiger partial charge < -0.3 is 15.2 Å². The number of hydrogen-bond donors (Lipinski definition) is 1. The zero-order valence-electron chi connectivity index (χ0n) is 11.2. The molecule has 0 fully saturated rings. The highest BCUT2D eigenvalue weighted by Gasteiger charge is 2.30. The molecule has 0 amide bonds. The molecule has 98 valence electrons. The molecule has 0 bridgehead atoms. The van der Waals surface area contributed by atoms with Crippen LogP contribution < -0.4 is 5.73 Å². The van der Waals surface area contributed by atoms with Crippen LogP contribution in [0.4, 0.5) is 0 Å². The molecule has 0 saturated carbocycles. The Hall–Kier alpha value is 0.190. The van der Waals surface area contributed by atoms with Crippen LogP contribution >= 0.6 is 11.8 Å². The van der Waals surface area contributed by atoms with Crippen LogP contribution in [0.2, 0.25) is 0 Å². The molecule has 0 aliphatic rings. The topological polar surface area (TPSA) is 47.7 Å². The van der Waals surface area contributed by atoms with Gasteiger partial charge in [-0.25, -0.2) is 0 Å². The van der Waals surface area contributed by atoms with Gasteiger partial charge in [-0.05, 0) is 20.2 Å². The summed E-state index contributed by atoms with van der Waals surface area (Å²) < 4.78 is 10.5. The number of hydrogen-bond acceptors (Lipinski definition) is 5. The lowest BCUT2D eigenvalue weighted by molar-refractivity contribution is -0.126. The predicted octanol–water partition coefficient (Wildman–Crippen LogP) is 1.01. The second-order valence-electron chi connectivity index (χ2n) is 4.22. The van der Waals surface area contributed by atoms with Crippen molar-refractivity contribution in [3.63, 3.8) is 0 Å². The highest BCUT2D eigenvalue weighted by molar-refractivity contribution is 7.98. The van der Waals surface area contributed by atoms with E-state index in [1.165, 1.54) is 0 Å². The summed E-state index contributed by atoms with van der Waals surface area (Å²) in [7, 11) is 5.42. The van der Waals surface area contributed by atoms with E-state index in [1.54, 1.807) is 14.2 Å². The van der Waals surface area contributed by atoms with E-state index in [4.69, 9.17) is 15.2 Å². The third-order valence-electron chi connectivity index (χ3n) is 3.12. The minimum atomic E-state index is -0.190. The van der Waals surface area contributed by atoms with E-state index in [-0.39, 0.29) is 11.8 Å². The number of likely N-dealkylation sites (N-methyl/N-ethyl adjacent to an activating group) is 1. The monoisotopic (exact) mass is 250 g/mol. The fourth-order valence-corrected chi connectivity index (χ4v) is 1.97. The predicted molar refractivity (Wildman–Crippen MR) is 70.9 cm³/mol. The van der Waals surface area contributed by atoms with Crippen molar-refractivity contribution in [1.82, 2.24) is 4.90 Å². The molecule has 0 aliphatic heterocycles. The minimum absolute atomic E-state index is 0.0770. The van der Waals surface area contributed by atoms with Crippen molar-refractivity contribution in [2.75, 3.05) is 46.4 Å². The lowest BCUT2D eigenvalue weighted by Crippen LogP contribution is -2.52. The van der Waals surface area contributed by atoms with Gasteiger partial charge in [-0.3, -0.25) is 4.90 Å². The Morgan fingerprint density at radius 2 is 1.94 bits per heavy atom. The Balaban J connectivity index is 4.37. The molecule has 0 spiro atoms. The number of thioether (sulfide) groups is 1. The maximum Gasteiger partial charge on any atom is 0.158 e. The van der Waals surface area contributed by atoms with Gasteiger partial charge in [-0.15, -0.1) is 0 Å². The Labute approximate surface area is 104 Å². The van der Waals surface area contributed by atoms with E-state index in [0.717, 1.165) is 18.7 Å². The van der Waals surface area contributed by atoms with E-state index >= 15 is 0 Å². The van der Waals surface area contributed by atoms with E-state index in [9.17, 15) is 0 Å². The number of nitrogens with two attached hydrogens (primary N) is 1. The number of nitrogens with zero attached hydrogens (tertiary/aromatic N) is 1. The highest BCUT2D eigenvalue weighted by Crippen LogP contribution is 2.20. The Bertz CT molecular complexity index is 179. The van der Waals surface area contributed by atoms with Crippen molar-refractivity contribution in [2.45, 2.75) is 25.2 Å². The van der Waals surface area contributed by atoms with Crippen LogP contribution in [0.5, 0.6) is 0 Å². The Kier molecular flexibility index (Phi) is 8.40. The van der Waals surface area contributed by atoms with Crippen LogP contribution in [-0.4, -0.2) is 63.1 Å². The summed E-state index contributed by atoms with van der Waals surface area (Å²) in [6.45, 7) is 3.77. The van der Waals surface area contributed by atoms with Crippen molar-refractivity contribution in [2.24, 2.45) is 5.73 Å². The second kappa shape index (κ2) is 8.31. The zero-order chi connectivity index (χ0) is 12.6. The van der Waals surface area contributed by atoms with E-state index in [1.807, 2.05) is 11.8 Å². The molecule has 0 aromatic heterocycles. The summed E-state index contributed by atoms with van der Waals surface area (Å²) in [6.07, 6.45) is 2.70. The van der Waals surface area contributed by atoms with E-state index in [2.05, 4.69) is 25.1 Å². The molecule has 1 unspecified atom stereocenters. The van der Waals surface area contributed by atoms with Gasteiger partial charge in [-0.1, -0.05) is 0 Å². The van der Waals surface area contributed by atoms with Gasteiger partial charge in [0.15, 0.2) is 6.29 Å². The van der Waals surface area contributed by atoms with Crippen LogP contribution in [0.15, 0.2) is 0 Å². The third kappa shape index (κ3) is 5.01. The van der Waals surface area contributed by atoms with Gasteiger partial charge >= 0.3 is 0 Å². The Morgan fingerprint density at radius 1 is 1.38 bits per heavy atom. The van der Waals surface area contributed by atoms with Gasteiger partial charge in [0, 0.05) is 45.0 Å². The van der Waals surface area contributed by atoms with Crippen molar-refractivity contribution in [3.8, 4) is 0 Å². The first-order chi connectivity index (χ1) is 7.53. The summed E-state index contributed by atoms with van der Waals surface area (Å²) in [5.74, 6) is 1.11. The maximum absolute atomic E-state index is 5.88. The van der Waals surface area contributed by atoms with E-state index in [0.29, 0.717) is 6.54 Å². The van der Waals surface area contributed by atoms with Crippen molar-refractivity contribution in [1.29, 1.82) is 0 Å². The molecular formula is C11H26N2O2S. The zero-order valence-corrected chi connectivity index (χ0v) is 12.0. The smallest absolute Gasteiger partial charge is 0.158 e. The Morgan fingerprint density at radius 3 is 2.31 bits per heavy atom. The molecule has 2 N–H and O–H groups in total. The quantitative estimate of drug-likeness (QED) is 0.619. The molecule has 4 nitrogen and oxygen atoms in total. The summed E-state index contributed by atoms with van der Waals surface area (Å²) in [5.41, 5.74) is 5.80. The molecule has 0 rings (SSSR count). The second-order valence-corrected chi connectivity index (χ2v) is 5.21. The van der Waals surface area contributed by atoms with Gasteiger partial charge in [-0.2, -0.15) is 11.8 Å². The molecule has 16 heavy (non-hydrogen) atoms. The first-order valence-electron chi connectivity index (χ1n) is 5.50. The van der Waals surface area contributed by atoms with Crippen LogP contribution in [0.25, 0.3) is 0 Å². The van der Waals surface area contributed by atoms with Crippen molar-refractivity contribution < 1.29 is 9.47 Å². The van der Waals surface area contributed by atoms with Crippen LogP contribution in [0.1, 0.15) is 13.3 Å². The summed E-state index contributed by atoms with van der Waals surface area (Å²) in [6, 6.07) is 0. The van der Waals surface area contributed by atoms with Gasteiger partial charge in [0.2, 0.25) is 0 Å². The maximum atomic E-state index is 5.88. The van der Waals surface area contributed by atoms with Crippen LogP contribution in [0.3, 0.4) is 0 Å². The lowest BCUT2D eigenvalue weighted by Gasteiger charge is -2.39. The molecule has 1 atom stereocenters. The van der Waals surface area contributed by atoms with Crippen LogP contribution in [-0.2, 0) is 9.47 Å². The average molecular weight is 250 g/mol. The molecular weight excluding hydrogens is 224 g/mol. The number of rotatable bonds is 9. The van der Waals surface area contributed by atoms with Crippen molar-refractivity contribution in [3.05, 3.63) is 0 Å². The summed E-state index contributed by atoms with van der Waals surface area (Å²) in [5, 5.41) is 0. The van der Waals surface area contributed by atoms with Gasteiger partial charge in [0.25, 0.3) is 0 Å². The fraction of sp³-hybridized carbons (Fsp3) is 1.00. The number of ether oxygens (including phenoxy) is 2. The standard InChI is InChI=1S/C11H26N2O2S/c1-11(9-12,8-10(14-3)15-4)13(2)6-7-16-5/h10H,6-9,12H2,1-5H3. The third-order valence-corrected chi connectivity index (χ3v) is 3.72. The van der Waals surface area contributed by atoms with E-state index < -0.39 is 0 Å². The van der Waals surface area contributed by atoms with Crippen LogP contribution in [0, 0.1) is 0 Å². The summed E-state index contributed by atoms with van der Waals surface area (Å²) >= 11 is 1.84. The molecule has 0 aliphatic carbocycles. The average Bonchev–Trinajstić information content (AvgIpc) is 2.32. The fourth-order valence-electron chi connectivity index (χ4n) is 1.52. The molecule has 0 heterocycles. The number of methoxy groups -OCH3 is 2. The van der Waals surface area contributed by atoms with Gasteiger partial charge in [0.05, 0.1) is 0 Å². The highest BCUT2D eigenvalue weighted by atomic mass is 32.2. The lowest BCUT2D eigenvalue weighted by atomic mass is 9.95. The summed E-state index contributed by atoms with van der Waals surface area (Å²) in [4.78, 5) is 2.29. The van der Waals surface area contributed by atoms with Crippen molar-refractivity contribution >= 4 is 11.8 Å². The molecule has 0 aromatic rings. The molecule has 5 heteroatoms.